The second-order valence-electron chi connectivity index (χ2n) is 12.8. The molecular weight excluding hydrogens is 719 g/mol. The first kappa shape index (κ1) is 45.2. The van der Waals surface area contributed by atoms with Crippen LogP contribution in [0, 0.1) is 5.92 Å². The van der Waals surface area contributed by atoms with Gasteiger partial charge in [-0.2, -0.15) is 11.8 Å². The molecule has 0 radical (unpaired) electrons. The van der Waals surface area contributed by atoms with Crippen molar-refractivity contribution in [3.63, 3.8) is 0 Å². The number of rotatable bonds is 23. The summed E-state index contributed by atoms with van der Waals surface area (Å²) in [7, 11) is 0. The number of hydrogen-bond donors (Lipinski definition) is 9. The van der Waals surface area contributed by atoms with Crippen LogP contribution in [0.5, 0.6) is 0 Å². The molecule has 6 amide bonds. The highest BCUT2D eigenvalue weighted by atomic mass is 32.2. The molecule has 0 bridgehead atoms. The molecule has 0 aliphatic rings. The minimum absolute atomic E-state index is 0.00244. The summed E-state index contributed by atoms with van der Waals surface area (Å²) >= 11 is 1.43. The first-order valence-corrected chi connectivity index (χ1v) is 19.0. The Labute approximate surface area is 319 Å². The lowest BCUT2D eigenvalue weighted by Crippen LogP contribution is -2.59. The van der Waals surface area contributed by atoms with Crippen molar-refractivity contribution in [1.29, 1.82) is 0 Å². The summed E-state index contributed by atoms with van der Waals surface area (Å²) in [6, 6.07) is 10.4. The summed E-state index contributed by atoms with van der Waals surface area (Å²) in [6.07, 6.45) is 2.63. The highest BCUT2D eigenvalue weighted by Crippen LogP contribution is 2.09. The number of benzene rings is 2. The molecule has 2 rings (SSSR count). The molecule has 7 atom stereocenters. The van der Waals surface area contributed by atoms with Gasteiger partial charge in [-0.05, 0) is 42.4 Å². The molecule has 296 valence electrons. The lowest BCUT2D eigenvalue weighted by Gasteiger charge is -2.25. The Hall–Kier alpha value is -5.00. The van der Waals surface area contributed by atoms with Gasteiger partial charge in [0.05, 0.1) is 19.2 Å². The Kier molecular flexibility index (Phi) is 19.8. The molecule has 16 nitrogen and oxygen atoms in total. The molecule has 0 saturated carbocycles. The Bertz CT molecular complexity index is 1550. The molecule has 0 aromatic heterocycles. The SMILES string of the molecule is CC[C@H](C)[C@H](N)C(=O)N[C@@H](CO)C(=O)N[C@@H](Cc1ccccc1)C(=O)NCC(=O)N[C@@H](Cc1ccccc1)C(=O)N[C@@H](CCSC)C(=O)N[C@@H](C)C(=O)O. The van der Waals surface area contributed by atoms with Crippen molar-refractivity contribution < 1.29 is 43.8 Å². The number of carbonyl (C=O) groups excluding carboxylic acids is 6. The van der Waals surface area contributed by atoms with E-state index in [0.717, 1.165) is 0 Å². The van der Waals surface area contributed by atoms with Gasteiger partial charge in [0.25, 0.3) is 0 Å². The maximum absolute atomic E-state index is 13.6. The fourth-order valence-corrected chi connectivity index (χ4v) is 5.52. The molecule has 0 spiro atoms. The van der Waals surface area contributed by atoms with E-state index in [0.29, 0.717) is 23.3 Å². The predicted molar refractivity (Wildman–Crippen MR) is 204 cm³/mol. The number of hydrogen-bond acceptors (Lipinski definition) is 10. The Morgan fingerprint density at radius 1 is 0.685 bits per heavy atom. The number of thioether (sulfide) groups is 1. The summed E-state index contributed by atoms with van der Waals surface area (Å²) in [5, 5.41) is 34.2. The number of nitrogens with one attached hydrogen (secondary N) is 6. The van der Waals surface area contributed by atoms with Crippen LogP contribution in [0.15, 0.2) is 60.7 Å². The maximum Gasteiger partial charge on any atom is 0.325 e. The average Bonchev–Trinajstić information content (AvgIpc) is 3.16. The number of aliphatic carboxylic acids is 1. The molecular formula is C37H53N7O9S. The molecule has 54 heavy (non-hydrogen) atoms. The van der Waals surface area contributed by atoms with E-state index in [-0.39, 0.29) is 25.2 Å². The minimum atomic E-state index is -1.41. The molecule has 10 N–H and O–H groups in total. The largest absolute Gasteiger partial charge is 0.480 e. The Morgan fingerprint density at radius 2 is 1.17 bits per heavy atom. The van der Waals surface area contributed by atoms with Crippen LogP contribution in [0.25, 0.3) is 0 Å². The van der Waals surface area contributed by atoms with Crippen LogP contribution in [0.3, 0.4) is 0 Å². The number of aliphatic hydroxyl groups is 1. The average molecular weight is 772 g/mol. The van der Waals surface area contributed by atoms with Crippen LogP contribution in [0.1, 0.15) is 44.7 Å². The fourth-order valence-electron chi connectivity index (χ4n) is 5.05. The molecule has 0 aliphatic carbocycles. The Balaban J connectivity index is 2.21. The van der Waals surface area contributed by atoms with Crippen molar-refractivity contribution in [3.8, 4) is 0 Å². The van der Waals surface area contributed by atoms with E-state index in [1.807, 2.05) is 13.2 Å². The third-order valence-corrected chi connectivity index (χ3v) is 9.27. The third-order valence-electron chi connectivity index (χ3n) is 8.62. The number of carboxylic acids is 1. The summed E-state index contributed by atoms with van der Waals surface area (Å²) in [6.45, 7) is 3.56. The highest BCUT2D eigenvalue weighted by Gasteiger charge is 2.31. The van der Waals surface area contributed by atoms with Gasteiger partial charge in [0, 0.05) is 12.8 Å². The van der Waals surface area contributed by atoms with E-state index in [4.69, 9.17) is 5.73 Å². The van der Waals surface area contributed by atoms with Gasteiger partial charge in [-0.3, -0.25) is 33.6 Å². The first-order chi connectivity index (χ1) is 25.7. The lowest BCUT2D eigenvalue weighted by molar-refractivity contribution is -0.141. The number of amides is 6. The smallest absolute Gasteiger partial charge is 0.325 e. The second-order valence-corrected chi connectivity index (χ2v) is 13.8. The second kappa shape index (κ2) is 23.6. The number of carbonyl (C=O) groups is 7. The van der Waals surface area contributed by atoms with Crippen molar-refractivity contribution in [2.24, 2.45) is 11.7 Å². The zero-order valence-corrected chi connectivity index (χ0v) is 31.8. The maximum atomic E-state index is 13.6. The van der Waals surface area contributed by atoms with Gasteiger partial charge in [-0.1, -0.05) is 80.9 Å². The van der Waals surface area contributed by atoms with Crippen LogP contribution in [-0.2, 0) is 46.4 Å². The van der Waals surface area contributed by atoms with Gasteiger partial charge >= 0.3 is 5.97 Å². The summed E-state index contributed by atoms with van der Waals surface area (Å²) in [5.41, 5.74) is 7.34. The van der Waals surface area contributed by atoms with Crippen LogP contribution in [0.2, 0.25) is 0 Å². The molecule has 0 unspecified atom stereocenters. The van der Waals surface area contributed by atoms with Crippen molar-refractivity contribution in [2.45, 2.75) is 82.7 Å². The van der Waals surface area contributed by atoms with E-state index in [1.165, 1.54) is 18.7 Å². The van der Waals surface area contributed by atoms with Gasteiger partial charge in [0.15, 0.2) is 0 Å². The van der Waals surface area contributed by atoms with Gasteiger partial charge in [-0.25, -0.2) is 0 Å². The molecule has 0 saturated heterocycles. The van der Waals surface area contributed by atoms with Crippen LogP contribution < -0.4 is 37.6 Å². The van der Waals surface area contributed by atoms with Crippen LogP contribution in [-0.4, -0.2) is 113 Å². The van der Waals surface area contributed by atoms with Gasteiger partial charge in [-0.15, -0.1) is 0 Å². The van der Waals surface area contributed by atoms with E-state index >= 15 is 0 Å². The normalized spacial score (nSPS) is 14.8. The van der Waals surface area contributed by atoms with E-state index in [1.54, 1.807) is 67.6 Å². The molecule has 0 aliphatic heterocycles. The molecule has 2 aromatic rings. The van der Waals surface area contributed by atoms with Gasteiger partial charge in [0.2, 0.25) is 35.4 Å². The monoisotopic (exact) mass is 771 g/mol. The molecule has 17 heteroatoms. The van der Waals surface area contributed by atoms with E-state index in [2.05, 4.69) is 31.9 Å². The summed E-state index contributed by atoms with van der Waals surface area (Å²) in [5.74, 6) is -5.37. The fraction of sp³-hybridized carbons (Fsp3) is 0.486. The standard InChI is InChI=1S/C37H53N7O9S/c1-5-22(2)31(38)36(51)44-29(21-45)35(50)43-27(18-24-12-8-6-9-13-24)32(47)39-20-30(46)41-28(19-25-14-10-7-11-15-25)34(49)42-26(16-17-54-4)33(48)40-23(3)37(52)53/h6-15,22-23,26-29,31,45H,5,16-21,38H2,1-4H3,(H,39,47)(H,40,48)(H,41,46)(H,42,49)(H,43,50)(H,44,51)(H,52,53)/t22-,23-,26-,27-,28-,29-,31-/m0/s1. The topological polar surface area (TPSA) is 258 Å². The van der Waals surface area contributed by atoms with Gasteiger partial charge < -0.3 is 47.8 Å². The molecule has 0 heterocycles. The van der Waals surface area contributed by atoms with Crippen LogP contribution >= 0.6 is 11.8 Å². The van der Waals surface area contributed by atoms with Crippen molar-refractivity contribution >= 4 is 53.2 Å². The first-order valence-electron chi connectivity index (χ1n) is 17.6. The van der Waals surface area contributed by atoms with Gasteiger partial charge in [0.1, 0.15) is 30.2 Å². The third kappa shape index (κ3) is 15.5. The molecule has 2 aromatic carbocycles. The summed E-state index contributed by atoms with van der Waals surface area (Å²) < 4.78 is 0. The lowest BCUT2D eigenvalue weighted by atomic mass is 9.99. The zero-order valence-electron chi connectivity index (χ0n) is 31.0. The number of nitrogens with two attached hydrogens (primary N) is 1. The summed E-state index contributed by atoms with van der Waals surface area (Å²) in [4.78, 5) is 90.4. The van der Waals surface area contributed by atoms with Crippen molar-refractivity contribution in [3.05, 3.63) is 71.8 Å². The quantitative estimate of drug-likeness (QED) is 0.0678. The number of carboxylic acid groups (broad SMARTS) is 1. The van der Waals surface area contributed by atoms with Crippen LogP contribution in [0.4, 0.5) is 0 Å². The highest BCUT2D eigenvalue weighted by molar-refractivity contribution is 7.98. The Morgan fingerprint density at radius 3 is 1.67 bits per heavy atom. The van der Waals surface area contributed by atoms with E-state index in [9.17, 15) is 43.8 Å². The predicted octanol–water partition coefficient (Wildman–Crippen LogP) is -0.765. The van der Waals surface area contributed by atoms with Crippen molar-refractivity contribution in [2.75, 3.05) is 25.2 Å². The zero-order chi connectivity index (χ0) is 40.2. The molecule has 0 fully saturated rings. The minimum Gasteiger partial charge on any atom is -0.480 e. The van der Waals surface area contributed by atoms with Crippen molar-refractivity contribution in [1.82, 2.24) is 31.9 Å². The number of aliphatic hydroxyl groups excluding tert-OH is 1. The van der Waals surface area contributed by atoms with E-state index < -0.39 is 90.8 Å².